The van der Waals surface area contributed by atoms with Gasteiger partial charge in [-0.15, -0.1) is 0 Å². The number of phenolic OH excluding ortho intramolecular Hbond substituents is 4. The molecule has 8 bridgehead atoms. The highest BCUT2D eigenvalue weighted by Gasteiger charge is 2.41. The van der Waals surface area contributed by atoms with Crippen LogP contribution in [0.15, 0.2) is 146 Å². The minimum atomic E-state index is -2.09. The number of phenols is 4. The molecule has 4 heterocycles. The first-order valence-corrected chi connectivity index (χ1v) is 38.6. The quantitative estimate of drug-likeness (QED) is 0.0267. The second-order valence-electron chi connectivity index (χ2n) is 25.2. The molecule has 8 aromatic rings. The van der Waals surface area contributed by atoms with Crippen LogP contribution in [0.25, 0.3) is 0 Å². The minimum absolute atomic E-state index is 0.0469. The van der Waals surface area contributed by atoms with E-state index in [1.54, 1.807) is 24.3 Å². The van der Waals surface area contributed by atoms with Crippen molar-refractivity contribution in [3.63, 3.8) is 0 Å². The van der Waals surface area contributed by atoms with E-state index in [9.17, 15) is 20.4 Å². The van der Waals surface area contributed by atoms with Crippen LogP contribution in [-0.4, -0.2) is 20.4 Å². The van der Waals surface area contributed by atoms with Crippen molar-refractivity contribution in [2.75, 3.05) is 0 Å². The monoisotopic (exact) mass is 1380 g/mol. The largest absolute Gasteiger partial charge is 0.530 e. The van der Waals surface area contributed by atoms with Gasteiger partial charge in [0.25, 0.3) is 0 Å². The SMILES string of the molecule is CCCCCCC1c2cc(c(OP3Oc4ccccc4O3)cc2O)C(CCCCCC)c2cc(c(OP3Oc4ccccc4O3)cc2O)C(CCCCCC)c2cc(c(OP3Oc4ccccc4O3)cc2O)C(CCCCCC)c2cc1c(OP1Oc3ccccc3O1)cc2O. The summed E-state index contributed by atoms with van der Waals surface area (Å²) in [6, 6.07) is 44.6. The summed E-state index contributed by atoms with van der Waals surface area (Å²) < 4.78 is 79.2. The Bertz CT molecular complexity index is 3390. The van der Waals surface area contributed by atoms with E-state index in [0.717, 1.165) is 103 Å². The zero-order chi connectivity index (χ0) is 66.1. The van der Waals surface area contributed by atoms with Crippen LogP contribution in [0.5, 0.6) is 92.0 Å². The van der Waals surface area contributed by atoms with E-state index in [4.69, 9.17) is 54.3 Å². The number of aromatic hydroxyl groups is 4. The zero-order valence-electron chi connectivity index (χ0n) is 54.8. The van der Waals surface area contributed by atoms with Crippen LogP contribution < -0.4 is 54.3 Å². The van der Waals surface area contributed by atoms with E-state index >= 15 is 0 Å². The smallest absolute Gasteiger partial charge is 0.508 e. The topological polar surface area (TPSA) is 192 Å². The van der Waals surface area contributed by atoms with Gasteiger partial charge in [0.2, 0.25) is 0 Å². The minimum Gasteiger partial charge on any atom is -0.508 e. The fourth-order valence-electron chi connectivity index (χ4n) is 13.5. The zero-order valence-corrected chi connectivity index (χ0v) is 58.4. The summed E-state index contributed by atoms with van der Waals surface area (Å²) >= 11 is 0. The Balaban J connectivity index is 1.08. The lowest BCUT2D eigenvalue weighted by Gasteiger charge is -2.31. The molecule has 0 fully saturated rings. The molecular formula is C76H84O16P4. The molecule has 0 aromatic heterocycles. The van der Waals surface area contributed by atoms with Crippen LogP contribution in [0.4, 0.5) is 0 Å². The number of unbranched alkanes of at least 4 members (excludes halogenated alkanes) is 12. The van der Waals surface area contributed by atoms with Crippen molar-refractivity contribution in [3.05, 3.63) is 190 Å². The first-order chi connectivity index (χ1) is 47.0. The van der Waals surface area contributed by atoms with E-state index in [0.29, 0.717) is 139 Å². The summed E-state index contributed by atoms with van der Waals surface area (Å²) in [6.07, 6.45) is 16.7. The average Bonchev–Trinajstić information content (AvgIpc) is 0.799. The molecule has 1 aliphatic carbocycles. The second kappa shape index (κ2) is 31.2. The van der Waals surface area contributed by atoms with Gasteiger partial charge in [-0.1, -0.05) is 179 Å². The highest BCUT2D eigenvalue weighted by atomic mass is 31.2. The summed E-state index contributed by atoms with van der Waals surface area (Å²) in [4.78, 5) is 0. The summed E-state index contributed by atoms with van der Waals surface area (Å²) in [7, 11) is -8.34. The molecule has 504 valence electrons. The van der Waals surface area contributed by atoms with Crippen LogP contribution in [0.2, 0.25) is 0 Å². The maximum absolute atomic E-state index is 13.2. The summed E-state index contributed by atoms with van der Waals surface area (Å²) in [6.45, 7) is 8.74. The molecule has 5 aliphatic rings. The molecule has 0 saturated heterocycles. The summed E-state index contributed by atoms with van der Waals surface area (Å²) in [5, 5.41) is 52.8. The third kappa shape index (κ3) is 15.0. The highest BCUT2D eigenvalue weighted by Crippen LogP contribution is 2.62. The van der Waals surface area contributed by atoms with Gasteiger partial charge in [-0.2, -0.15) is 0 Å². The Hall–Kier alpha value is -7.72. The van der Waals surface area contributed by atoms with E-state index < -0.39 is 58.1 Å². The number of rotatable bonds is 28. The Morgan fingerprint density at radius 2 is 0.448 bits per heavy atom. The molecule has 0 amide bonds. The molecule has 13 rings (SSSR count). The van der Waals surface area contributed by atoms with Gasteiger partial charge in [0.05, 0.1) is 0 Å². The van der Waals surface area contributed by atoms with Crippen LogP contribution in [0.3, 0.4) is 0 Å². The molecule has 4 N–H and O–H groups in total. The number of hydrogen-bond acceptors (Lipinski definition) is 16. The van der Waals surface area contributed by atoms with Crippen molar-refractivity contribution in [1.82, 2.24) is 0 Å². The van der Waals surface area contributed by atoms with Crippen molar-refractivity contribution in [2.24, 2.45) is 0 Å². The van der Waals surface area contributed by atoms with E-state index in [2.05, 4.69) is 27.7 Å². The average molecular weight is 1380 g/mol. The Morgan fingerprint density at radius 1 is 0.260 bits per heavy atom. The second-order valence-corrected chi connectivity index (χ2v) is 29.2. The van der Waals surface area contributed by atoms with Gasteiger partial charge in [0.15, 0.2) is 46.0 Å². The fraction of sp³-hybridized carbons (Fsp3) is 0.368. The molecule has 16 nitrogen and oxygen atoms in total. The van der Waals surface area contributed by atoms with Gasteiger partial charge in [-0.3, -0.25) is 0 Å². The third-order valence-electron chi connectivity index (χ3n) is 18.5. The first kappa shape index (κ1) is 66.9. The summed E-state index contributed by atoms with van der Waals surface area (Å²) in [5.74, 6) is 2.95. The summed E-state index contributed by atoms with van der Waals surface area (Å²) in [5.41, 5.74) is 5.02. The van der Waals surface area contributed by atoms with Crippen molar-refractivity contribution in [2.45, 2.75) is 180 Å². The molecule has 4 aliphatic heterocycles. The molecule has 0 radical (unpaired) electrons. The van der Waals surface area contributed by atoms with Gasteiger partial charge >= 0.3 is 34.4 Å². The number of para-hydroxylation sites is 8. The molecule has 96 heavy (non-hydrogen) atoms. The number of hydrogen-bond donors (Lipinski definition) is 4. The Labute approximate surface area is 568 Å². The normalized spacial score (nSPS) is 17.6. The number of benzene rings is 8. The van der Waals surface area contributed by atoms with E-state index in [-0.39, 0.29) is 23.0 Å². The van der Waals surface area contributed by atoms with Gasteiger partial charge in [-0.25, -0.2) is 0 Å². The van der Waals surface area contributed by atoms with E-state index in [1.807, 2.05) is 121 Å². The lowest BCUT2D eigenvalue weighted by molar-refractivity contribution is 0.416. The molecule has 0 spiro atoms. The number of fused-ring (bicyclic) bond motifs is 12. The van der Waals surface area contributed by atoms with Gasteiger partial charge in [0, 0.05) is 92.4 Å². The molecule has 8 aromatic carbocycles. The molecule has 0 saturated carbocycles. The van der Waals surface area contributed by atoms with Crippen molar-refractivity contribution in [3.8, 4) is 92.0 Å². The fourth-order valence-corrected chi connectivity index (χ4v) is 17.8. The van der Waals surface area contributed by atoms with Crippen molar-refractivity contribution < 1.29 is 74.7 Å². The maximum Gasteiger partial charge on any atom is 0.530 e. The Morgan fingerprint density at radius 3 is 0.625 bits per heavy atom. The predicted molar refractivity (Wildman–Crippen MR) is 376 cm³/mol. The molecule has 4 unspecified atom stereocenters. The predicted octanol–water partition coefficient (Wildman–Crippen LogP) is 23.5. The standard InChI is InChI=1S/C76H84O16P4/c1-5-9-13-17-29-49-53-41-58(74(45-61(53)77)90-94-83-67-35-23-24-36-68(67)84-94)51(31-19-15-11-7-3)55-43-60(76(47-63(55)79)92-96-87-71-39-27-28-40-72(71)88-96)52(32-20-16-12-8-4)56-44-59(75(48-64(56)80)91-95-85-69-37-25-26-38-70(69)86-95)50(30-18-14-10-6-2)54-42-57(49)73(46-62(54)78)89-93-81-65-33-21-22-34-66(65)82-93/h21-28,33-52,77-80H,5-20,29-32H2,1-4H3. The molecule has 20 heteroatoms. The van der Waals surface area contributed by atoms with Gasteiger partial charge in [-0.05, 0) is 98.5 Å². The van der Waals surface area contributed by atoms with Crippen LogP contribution >= 0.6 is 34.4 Å². The maximum atomic E-state index is 13.2. The third-order valence-corrected chi connectivity index (χ3v) is 22.6. The molecular weight excluding hydrogens is 1290 g/mol. The van der Waals surface area contributed by atoms with Crippen LogP contribution in [0, 0.1) is 0 Å². The highest BCUT2D eigenvalue weighted by molar-refractivity contribution is 7.44. The van der Waals surface area contributed by atoms with Crippen molar-refractivity contribution in [1.29, 1.82) is 0 Å². The van der Waals surface area contributed by atoms with E-state index in [1.165, 1.54) is 0 Å². The lowest BCUT2D eigenvalue weighted by Crippen LogP contribution is -2.14. The van der Waals surface area contributed by atoms with Crippen LogP contribution in [-0.2, 0) is 0 Å². The van der Waals surface area contributed by atoms with Gasteiger partial charge < -0.3 is 74.7 Å². The van der Waals surface area contributed by atoms with Gasteiger partial charge in [0.1, 0.15) is 46.0 Å². The Kier molecular flexibility index (Phi) is 21.7. The first-order valence-electron chi connectivity index (χ1n) is 34.2. The lowest BCUT2D eigenvalue weighted by atomic mass is 9.76. The van der Waals surface area contributed by atoms with Crippen molar-refractivity contribution >= 4 is 34.4 Å². The molecule has 4 atom stereocenters. The van der Waals surface area contributed by atoms with Crippen LogP contribution in [0.1, 0.15) is 224 Å².